The van der Waals surface area contributed by atoms with Crippen LogP contribution in [0.25, 0.3) is 5.69 Å². The number of carboxylic acid groups (broad SMARTS) is 1. The van der Waals surface area contributed by atoms with Crippen molar-refractivity contribution in [3.05, 3.63) is 42.2 Å². The van der Waals surface area contributed by atoms with Crippen LogP contribution in [0.5, 0.6) is 5.75 Å². The Hall–Kier alpha value is -2.87. The highest BCUT2D eigenvalue weighted by molar-refractivity contribution is 5.97. The predicted molar refractivity (Wildman–Crippen MR) is 92.5 cm³/mol. The Bertz CT molecular complexity index is 768. The zero-order chi connectivity index (χ0) is 18.5. The van der Waals surface area contributed by atoms with Gasteiger partial charge in [0.25, 0.3) is 5.91 Å². The number of carboxylic acids is 1. The maximum atomic E-state index is 12.7. The third-order valence-corrected chi connectivity index (χ3v) is 4.36. The van der Waals surface area contributed by atoms with Crippen LogP contribution in [0.4, 0.5) is 0 Å². The summed E-state index contributed by atoms with van der Waals surface area (Å²) in [4.78, 5) is 24.3. The molecule has 1 saturated heterocycles. The van der Waals surface area contributed by atoms with Crippen molar-refractivity contribution in [2.24, 2.45) is 5.92 Å². The van der Waals surface area contributed by atoms with Crippen LogP contribution in [-0.4, -0.2) is 53.1 Å². The molecule has 0 bridgehead atoms. The third-order valence-electron chi connectivity index (χ3n) is 4.36. The van der Waals surface area contributed by atoms with E-state index in [0.29, 0.717) is 19.6 Å². The summed E-state index contributed by atoms with van der Waals surface area (Å²) >= 11 is 0. The monoisotopic (exact) mass is 359 g/mol. The summed E-state index contributed by atoms with van der Waals surface area (Å²) in [5.41, 5.74) is 0.805. The van der Waals surface area contributed by atoms with Gasteiger partial charge in [0.2, 0.25) is 0 Å². The average Bonchev–Trinajstić information content (AvgIpc) is 3.11. The number of carbonyl (C=O) groups is 2. The van der Waals surface area contributed by atoms with Crippen LogP contribution < -0.4 is 10.1 Å². The number of amides is 1. The van der Waals surface area contributed by atoms with E-state index in [1.165, 1.54) is 11.8 Å². The molecule has 1 fully saturated rings. The fraction of sp³-hybridized carbons (Fsp3) is 0.389. The number of aromatic nitrogens is 2. The molecule has 2 aromatic rings. The van der Waals surface area contributed by atoms with Crippen LogP contribution in [0, 0.1) is 5.92 Å². The molecule has 1 aliphatic rings. The Morgan fingerprint density at radius 1 is 1.38 bits per heavy atom. The molecule has 26 heavy (non-hydrogen) atoms. The predicted octanol–water partition coefficient (Wildman–Crippen LogP) is 1.49. The molecular formula is C18H21N3O5. The van der Waals surface area contributed by atoms with E-state index in [1.807, 2.05) is 30.3 Å². The van der Waals surface area contributed by atoms with Gasteiger partial charge in [-0.3, -0.25) is 4.79 Å². The topological polar surface area (TPSA) is 103 Å². The van der Waals surface area contributed by atoms with E-state index in [0.717, 1.165) is 12.1 Å². The fourth-order valence-corrected chi connectivity index (χ4v) is 3.00. The molecule has 2 unspecified atom stereocenters. The van der Waals surface area contributed by atoms with Gasteiger partial charge in [-0.2, -0.15) is 5.10 Å². The molecule has 0 radical (unpaired) electrons. The summed E-state index contributed by atoms with van der Waals surface area (Å²) < 4.78 is 12.1. The molecule has 0 saturated carbocycles. The third kappa shape index (κ3) is 3.85. The van der Waals surface area contributed by atoms with Crippen molar-refractivity contribution in [3.63, 3.8) is 0 Å². The van der Waals surface area contributed by atoms with Gasteiger partial charge in [-0.05, 0) is 25.0 Å². The highest BCUT2D eigenvalue weighted by Crippen LogP contribution is 2.22. The van der Waals surface area contributed by atoms with Gasteiger partial charge in [0.05, 0.1) is 25.6 Å². The minimum absolute atomic E-state index is 0.0410. The first kappa shape index (κ1) is 17.9. The smallest absolute Gasteiger partial charge is 0.326 e. The van der Waals surface area contributed by atoms with Gasteiger partial charge in [-0.1, -0.05) is 18.2 Å². The van der Waals surface area contributed by atoms with E-state index < -0.39 is 17.9 Å². The molecule has 2 N–H and O–H groups in total. The number of benzene rings is 1. The average molecular weight is 359 g/mol. The molecule has 1 aromatic carbocycles. The van der Waals surface area contributed by atoms with Gasteiger partial charge in [-0.25, -0.2) is 9.48 Å². The number of hydrogen-bond acceptors (Lipinski definition) is 5. The number of para-hydroxylation sites is 1. The van der Waals surface area contributed by atoms with Crippen molar-refractivity contribution >= 4 is 11.9 Å². The summed E-state index contributed by atoms with van der Waals surface area (Å²) in [5.74, 6) is -1.67. The van der Waals surface area contributed by atoms with Crippen molar-refractivity contribution in [2.75, 3.05) is 20.3 Å². The molecule has 138 valence electrons. The first-order valence-corrected chi connectivity index (χ1v) is 8.40. The minimum atomic E-state index is -1.09. The Morgan fingerprint density at radius 3 is 2.77 bits per heavy atom. The van der Waals surface area contributed by atoms with Crippen LogP contribution in [0.2, 0.25) is 0 Å². The Balaban J connectivity index is 1.82. The second-order valence-electron chi connectivity index (χ2n) is 6.09. The Morgan fingerprint density at radius 2 is 2.15 bits per heavy atom. The summed E-state index contributed by atoms with van der Waals surface area (Å²) in [7, 11) is 1.44. The molecule has 1 amide bonds. The molecule has 2 atom stereocenters. The Labute approximate surface area is 150 Å². The molecule has 1 aromatic heterocycles. The van der Waals surface area contributed by atoms with Crippen molar-refractivity contribution < 1.29 is 24.2 Å². The molecule has 0 spiro atoms. The van der Waals surface area contributed by atoms with Gasteiger partial charge < -0.3 is 19.9 Å². The second kappa shape index (κ2) is 8.01. The first-order chi connectivity index (χ1) is 12.6. The molecule has 8 heteroatoms. The van der Waals surface area contributed by atoms with Crippen LogP contribution in [-0.2, 0) is 9.53 Å². The van der Waals surface area contributed by atoms with E-state index in [-0.39, 0.29) is 17.4 Å². The molecule has 1 aliphatic heterocycles. The largest absolute Gasteiger partial charge is 0.493 e. The van der Waals surface area contributed by atoms with Crippen molar-refractivity contribution in [1.29, 1.82) is 0 Å². The lowest BCUT2D eigenvalue weighted by molar-refractivity contribution is -0.142. The van der Waals surface area contributed by atoms with E-state index in [9.17, 15) is 14.7 Å². The number of carbonyl (C=O) groups excluding carboxylic acids is 1. The van der Waals surface area contributed by atoms with Gasteiger partial charge in [-0.15, -0.1) is 0 Å². The van der Waals surface area contributed by atoms with Crippen LogP contribution in [0.1, 0.15) is 23.3 Å². The zero-order valence-corrected chi connectivity index (χ0v) is 14.4. The van der Waals surface area contributed by atoms with Crippen molar-refractivity contribution in [2.45, 2.75) is 18.9 Å². The lowest BCUT2D eigenvalue weighted by Gasteiger charge is -2.27. The molecular weight excluding hydrogens is 338 g/mol. The molecule has 2 heterocycles. The van der Waals surface area contributed by atoms with E-state index in [1.54, 1.807) is 6.20 Å². The SMILES string of the molecule is COc1cn(-c2ccccc2)nc1C(=O)NC(C(=O)O)C1CCCOC1. The lowest BCUT2D eigenvalue weighted by Crippen LogP contribution is -2.48. The minimum Gasteiger partial charge on any atom is -0.493 e. The number of nitrogens with zero attached hydrogens (tertiary/aromatic N) is 2. The van der Waals surface area contributed by atoms with Gasteiger partial charge in [0, 0.05) is 12.5 Å². The van der Waals surface area contributed by atoms with E-state index >= 15 is 0 Å². The lowest BCUT2D eigenvalue weighted by atomic mass is 9.93. The highest BCUT2D eigenvalue weighted by atomic mass is 16.5. The number of nitrogens with one attached hydrogen (secondary N) is 1. The number of rotatable bonds is 6. The van der Waals surface area contributed by atoms with Gasteiger partial charge in [0.15, 0.2) is 11.4 Å². The first-order valence-electron chi connectivity index (χ1n) is 8.40. The number of aliphatic carboxylic acids is 1. The van der Waals surface area contributed by atoms with Crippen LogP contribution >= 0.6 is 0 Å². The number of hydrogen-bond donors (Lipinski definition) is 2. The maximum Gasteiger partial charge on any atom is 0.326 e. The zero-order valence-electron chi connectivity index (χ0n) is 14.4. The van der Waals surface area contributed by atoms with E-state index in [2.05, 4.69) is 10.4 Å². The molecule has 0 aliphatic carbocycles. The number of methoxy groups -OCH3 is 1. The Kier molecular flexibility index (Phi) is 5.52. The van der Waals surface area contributed by atoms with Crippen LogP contribution in [0.15, 0.2) is 36.5 Å². The standard InChI is InChI=1S/C18H21N3O5/c1-25-14-10-21(13-7-3-2-4-8-13)20-16(14)17(22)19-15(18(23)24)12-6-5-9-26-11-12/h2-4,7-8,10,12,15H,5-6,9,11H2,1H3,(H,19,22)(H,23,24). The summed E-state index contributed by atoms with van der Waals surface area (Å²) in [6.07, 6.45) is 3.05. The molecule has 8 nitrogen and oxygen atoms in total. The summed E-state index contributed by atoms with van der Waals surface area (Å²) in [6.45, 7) is 0.929. The summed E-state index contributed by atoms with van der Waals surface area (Å²) in [5, 5.41) is 16.3. The maximum absolute atomic E-state index is 12.7. The van der Waals surface area contributed by atoms with Crippen molar-refractivity contribution in [3.8, 4) is 11.4 Å². The highest BCUT2D eigenvalue weighted by Gasteiger charge is 2.33. The fourth-order valence-electron chi connectivity index (χ4n) is 3.00. The molecule has 3 rings (SSSR count). The number of ether oxygens (including phenoxy) is 2. The van der Waals surface area contributed by atoms with Gasteiger partial charge >= 0.3 is 5.97 Å². The van der Waals surface area contributed by atoms with Crippen molar-refractivity contribution in [1.82, 2.24) is 15.1 Å². The van der Waals surface area contributed by atoms with E-state index in [4.69, 9.17) is 9.47 Å². The van der Waals surface area contributed by atoms with Gasteiger partial charge in [0.1, 0.15) is 6.04 Å². The second-order valence-corrected chi connectivity index (χ2v) is 6.09. The van der Waals surface area contributed by atoms with Crippen LogP contribution in [0.3, 0.4) is 0 Å². The normalized spacial score (nSPS) is 18.1. The summed E-state index contributed by atoms with van der Waals surface area (Å²) in [6, 6.07) is 8.23. The quantitative estimate of drug-likeness (QED) is 0.810.